The lowest BCUT2D eigenvalue weighted by Gasteiger charge is -2.11. The van der Waals surface area contributed by atoms with Gasteiger partial charge in [0.25, 0.3) is 0 Å². The van der Waals surface area contributed by atoms with Gasteiger partial charge in [-0.3, -0.25) is 4.99 Å². The van der Waals surface area contributed by atoms with Gasteiger partial charge in [0.05, 0.1) is 25.8 Å². The van der Waals surface area contributed by atoms with E-state index in [1.54, 1.807) is 14.2 Å². The van der Waals surface area contributed by atoms with Gasteiger partial charge >= 0.3 is 0 Å². The van der Waals surface area contributed by atoms with Gasteiger partial charge < -0.3 is 14.8 Å². The molecule has 0 amide bonds. The van der Waals surface area contributed by atoms with Crippen LogP contribution in [0.1, 0.15) is 5.56 Å². The Hall–Kier alpha value is -1.42. The third-order valence-electron chi connectivity index (χ3n) is 2.38. The van der Waals surface area contributed by atoms with Crippen LogP contribution in [0.25, 0.3) is 0 Å². The Morgan fingerprint density at radius 2 is 2.12 bits per heavy atom. The Balaban J connectivity index is 2.45. The van der Waals surface area contributed by atoms with Gasteiger partial charge in [-0.1, -0.05) is 11.6 Å². The molecule has 86 valence electrons. The molecule has 0 atom stereocenters. The van der Waals surface area contributed by atoms with E-state index in [2.05, 4.69) is 10.3 Å². The number of methoxy groups -OCH3 is 2. The summed E-state index contributed by atoms with van der Waals surface area (Å²) in [5.74, 6) is 2.01. The average molecular weight is 241 g/mol. The van der Waals surface area contributed by atoms with Crippen molar-refractivity contribution < 1.29 is 9.47 Å². The van der Waals surface area contributed by atoms with Crippen LogP contribution < -0.4 is 14.8 Å². The van der Waals surface area contributed by atoms with E-state index in [1.807, 2.05) is 12.1 Å². The molecule has 0 saturated carbocycles. The highest BCUT2D eigenvalue weighted by molar-refractivity contribution is 6.32. The van der Waals surface area contributed by atoms with Crippen molar-refractivity contribution in [2.45, 2.75) is 0 Å². The standard InChI is InChI=1S/C11H13ClN2O2/c1-15-9-6-7(11-13-3-4-14-11)5-8(12)10(9)16-2/h5-6H,3-4H2,1-2H3,(H,13,14). The SMILES string of the molecule is COc1cc(C2=NCCN2)cc(Cl)c1OC. The summed E-state index contributed by atoms with van der Waals surface area (Å²) in [6.07, 6.45) is 0. The first-order valence-electron chi connectivity index (χ1n) is 4.96. The minimum atomic E-state index is 0.522. The minimum absolute atomic E-state index is 0.522. The molecule has 0 aromatic heterocycles. The lowest BCUT2D eigenvalue weighted by molar-refractivity contribution is 0.355. The number of hydrogen-bond acceptors (Lipinski definition) is 4. The lowest BCUT2D eigenvalue weighted by atomic mass is 10.2. The molecule has 0 bridgehead atoms. The summed E-state index contributed by atoms with van der Waals surface area (Å²) < 4.78 is 10.4. The normalized spacial score (nSPS) is 14.3. The maximum atomic E-state index is 6.10. The average Bonchev–Trinajstić information content (AvgIpc) is 2.81. The van der Waals surface area contributed by atoms with Crippen LogP contribution in [-0.2, 0) is 0 Å². The summed E-state index contributed by atoms with van der Waals surface area (Å²) in [5, 5.41) is 3.71. The maximum Gasteiger partial charge on any atom is 0.179 e. The van der Waals surface area contributed by atoms with Gasteiger partial charge in [0.2, 0.25) is 0 Å². The smallest absolute Gasteiger partial charge is 0.179 e. The molecule has 16 heavy (non-hydrogen) atoms. The van der Waals surface area contributed by atoms with E-state index >= 15 is 0 Å². The molecule has 1 aliphatic rings. The summed E-state index contributed by atoms with van der Waals surface area (Å²) in [4.78, 5) is 4.33. The topological polar surface area (TPSA) is 42.8 Å². The first-order chi connectivity index (χ1) is 7.76. The first-order valence-corrected chi connectivity index (χ1v) is 5.34. The van der Waals surface area contributed by atoms with Crippen molar-refractivity contribution >= 4 is 17.4 Å². The van der Waals surface area contributed by atoms with Gasteiger partial charge in [-0.05, 0) is 12.1 Å². The molecule has 0 fully saturated rings. The fourth-order valence-corrected chi connectivity index (χ4v) is 1.93. The van der Waals surface area contributed by atoms with Gasteiger partial charge in [-0.25, -0.2) is 0 Å². The fourth-order valence-electron chi connectivity index (χ4n) is 1.65. The van der Waals surface area contributed by atoms with Crippen molar-refractivity contribution in [3.05, 3.63) is 22.7 Å². The summed E-state index contributed by atoms with van der Waals surface area (Å²) in [5.41, 5.74) is 0.917. The second kappa shape index (κ2) is 4.61. The van der Waals surface area contributed by atoms with Crippen LogP contribution in [0.15, 0.2) is 17.1 Å². The first kappa shape index (κ1) is 11.1. The van der Waals surface area contributed by atoms with Crippen molar-refractivity contribution in [1.82, 2.24) is 5.32 Å². The maximum absolute atomic E-state index is 6.10. The molecule has 0 spiro atoms. The molecule has 0 radical (unpaired) electrons. The van der Waals surface area contributed by atoms with E-state index in [1.165, 1.54) is 0 Å². The Labute approximate surface area is 99.2 Å². The molecule has 1 aromatic carbocycles. The van der Waals surface area contributed by atoms with Gasteiger partial charge in [-0.15, -0.1) is 0 Å². The highest BCUT2D eigenvalue weighted by atomic mass is 35.5. The quantitative estimate of drug-likeness (QED) is 0.875. The zero-order chi connectivity index (χ0) is 11.5. The lowest BCUT2D eigenvalue weighted by Crippen LogP contribution is -2.19. The molecule has 0 unspecified atom stereocenters. The van der Waals surface area contributed by atoms with E-state index in [9.17, 15) is 0 Å². The van der Waals surface area contributed by atoms with Crippen molar-refractivity contribution in [3.8, 4) is 11.5 Å². The van der Waals surface area contributed by atoms with Gasteiger partial charge in [0.1, 0.15) is 5.84 Å². The van der Waals surface area contributed by atoms with E-state index in [0.29, 0.717) is 16.5 Å². The van der Waals surface area contributed by atoms with Crippen LogP contribution in [0.2, 0.25) is 5.02 Å². The monoisotopic (exact) mass is 240 g/mol. The van der Waals surface area contributed by atoms with E-state index in [0.717, 1.165) is 24.5 Å². The van der Waals surface area contributed by atoms with Crippen LogP contribution in [0, 0.1) is 0 Å². The number of halogens is 1. The predicted octanol–water partition coefficient (Wildman–Crippen LogP) is 1.71. The number of nitrogens with one attached hydrogen (secondary N) is 1. The second-order valence-corrected chi connectivity index (χ2v) is 3.76. The summed E-state index contributed by atoms with van der Waals surface area (Å²) in [6.45, 7) is 1.66. The number of nitrogens with zero attached hydrogens (tertiary/aromatic N) is 1. The van der Waals surface area contributed by atoms with Crippen molar-refractivity contribution in [2.75, 3.05) is 27.3 Å². The van der Waals surface area contributed by atoms with Crippen molar-refractivity contribution in [1.29, 1.82) is 0 Å². The van der Waals surface area contributed by atoms with Crippen LogP contribution in [0.3, 0.4) is 0 Å². The Bertz CT molecular complexity index is 432. The Morgan fingerprint density at radius 1 is 1.31 bits per heavy atom. The molecule has 1 aliphatic heterocycles. The number of rotatable bonds is 3. The van der Waals surface area contributed by atoms with Gasteiger partial charge in [0.15, 0.2) is 11.5 Å². The molecule has 0 aliphatic carbocycles. The number of ether oxygens (including phenoxy) is 2. The molecule has 2 rings (SSSR count). The highest BCUT2D eigenvalue weighted by Crippen LogP contribution is 2.36. The molecular formula is C11H13ClN2O2. The summed E-state index contributed by atoms with van der Waals surface area (Å²) in [7, 11) is 3.15. The molecule has 1 N–H and O–H groups in total. The molecular weight excluding hydrogens is 228 g/mol. The Kier molecular flexibility index (Phi) is 3.19. The minimum Gasteiger partial charge on any atom is -0.493 e. The highest BCUT2D eigenvalue weighted by Gasteiger charge is 2.15. The predicted molar refractivity (Wildman–Crippen MR) is 64.0 cm³/mol. The largest absolute Gasteiger partial charge is 0.493 e. The van der Waals surface area contributed by atoms with Crippen LogP contribution in [0.5, 0.6) is 11.5 Å². The van der Waals surface area contributed by atoms with Gasteiger partial charge in [-0.2, -0.15) is 0 Å². The van der Waals surface area contributed by atoms with Crippen LogP contribution in [0.4, 0.5) is 0 Å². The fraction of sp³-hybridized carbons (Fsp3) is 0.364. The van der Waals surface area contributed by atoms with Crippen LogP contribution in [-0.4, -0.2) is 33.1 Å². The molecule has 1 aromatic rings. The van der Waals surface area contributed by atoms with E-state index in [-0.39, 0.29) is 0 Å². The third-order valence-corrected chi connectivity index (χ3v) is 2.66. The van der Waals surface area contributed by atoms with E-state index in [4.69, 9.17) is 21.1 Å². The second-order valence-electron chi connectivity index (χ2n) is 3.35. The summed E-state index contributed by atoms with van der Waals surface area (Å²) >= 11 is 6.10. The third kappa shape index (κ3) is 1.93. The number of aliphatic imine (C=N–C) groups is 1. The zero-order valence-electron chi connectivity index (χ0n) is 9.21. The van der Waals surface area contributed by atoms with E-state index < -0.39 is 0 Å². The number of benzene rings is 1. The molecule has 5 heteroatoms. The molecule has 1 heterocycles. The number of hydrogen-bond donors (Lipinski definition) is 1. The zero-order valence-corrected chi connectivity index (χ0v) is 9.97. The number of amidine groups is 1. The van der Waals surface area contributed by atoms with Gasteiger partial charge in [0, 0.05) is 12.1 Å². The Morgan fingerprint density at radius 3 is 2.69 bits per heavy atom. The van der Waals surface area contributed by atoms with Crippen LogP contribution >= 0.6 is 11.6 Å². The molecule has 0 saturated heterocycles. The van der Waals surface area contributed by atoms with Crippen molar-refractivity contribution in [2.24, 2.45) is 4.99 Å². The summed E-state index contributed by atoms with van der Waals surface area (Å²) in [6, 6.07) is 3.68. The molecule has 4 nitrogen and oxygen atoms in total. The van der Waals surface area contributed by atoms with Crippen molar-refractivity contribution in [3.63, 3.8) is 0 Å².